The molecule has 0 amide bonds. The van der Waals surface area contributed by atoms with Crippen LogP contribution in [0, 0.1) is 5.92 Å². The Balaban J connectivity index is 2.49. The van der Waals surface area contributed by atoms with Crippen molar-refractivity contribution >= 4 is 6.29 Å². The molecule has 3 heteroatoms. The van der Waals surface area contributed by atoms with Gasteiger partial charge in [0, 0.05) is 26.1 Å². The lowest BCUT2D eigenvalue weighted by Crippen LogP contribution is -2.44. The Kier molecular flexibility index (Phi) is 5.26. The van der Waals surface area contributed by atoms with Crippen LogP contribution >= 0.6 is 0 Å². The van der Waals surface area contributed by atoms with E-state index in [0.29, 0.717) is 18.4 Å². The topological polar surface area (TPSA) is 29.5 Å². The van der Waals surface area contributed by atoms with Gasteiger partial charge in [0.15, 0.2) is 0 Å². The second-order valence-corrected chi connectivity index (χ2v) is 4.67. The Morgan fingerprint density at radius 1 is 1.53 bits per heavy atom. The Morgan fingerprint density at radius 2 is 2.27 bits per heavy atom. The summed E-state index contributed by atoms with van der Waals surface area (Å²) in [5.41, 5.74) is 0. The van der Waals surface area contributed by atoms with Crippen molar-refractivity contribution < 1.29 is 9.53 Å². The molecule has 0 aromatic carbocycles. The largest absolute Gasteiger partial charge is 0.381 e. The van der Waals surface area contributed by atoms with Crippen LogP contribution in [-0.2, 0) is 9.53 Å². The quantitative estimate of drug-likeness (QED) is 0.651. The van der Waals surface area contributed by atoms with Crippen LogP contribution in [0.5, 0.6) is 0 Å². The summed E-state index contributed by atoms with van der Waals surface area (Å²) in [7, 11) is 1.71. The normalized spacial score (nSPS) is 25.5. The van der Waals surface area contributed by atoms with E-state index in [1.165, 1.54) is 19.4 Å². The van der Waals surface area contributed by atoms with E-state index in [0.717, 1.165) is 12.8 Å². The Hall–Kier alpha value is -0.410. The molecule has 0 aromatic rings. The summed E-state index contributed by atoms with van der Waals surface area (Å²) in [6, 6.07) is 0.599. The molecule has 0 bridgehead atoms. The molecule has 1 saturated heterocycles. The number of carbonyl (C=O) groups is 1. The van der Waals surface area contributed by atoms with Gasteiger partial charge in [-0.05, 0) is 39.2 Å². The van der Waals surface area contributed by atoms with Gasteiger partial charge in [0.05, 0.1) is 6.10 Å². The van der Waals surface area contributed by atoms with Crippen LogP contribution in [0.1, 0.15) is 33.1 Å². The maximum Gasteiger partial charge on any atom is 0.122 e. The van der Waals surface area contributed by atoms with Gasteiger partial charge in [-0.25, -0.2) is 0 Å². The van der Waals surface area contributed by atoms with E-state index < -0.39 is 0 Å². The van der Waals surface area contributed by atoms with Crippen LogP contribution < -0.4 is 0 Å². The van der Waals surface area contributed by atoms with Crippen molar-refractivity contribution in [2.45, 2.75) is 45.3 Å². The first kappa shape index (κ1) is 12.7. The van der Waals surface area contributed by atoms with Crippen molar-refractivity contribution in [3.63, 3.8) is 0 Å². The standard InChI is InChI=1S/C12H23NO2/c1-10(2)13-7-4-5-11(9-13)12(15-3)6-8-14/h8,10-12H,4-7,9H2,1-3H3. The molecule has 0 aromatic heterocycles. The van der Waals surface area contributed by atoms with Gasteiger partial charge in [-0.3, -0.25) is 0 Å². The van der Waals surface area contributed by atoms with Gasteiger partial charge in [-0.2, -0.15) is 0 Å². The molecule has 0 saturated carbocycles. The van der Waals surface area contributed by atoms with Crippen LogP contribution in [0.2, 0.25) is 0 Å². The zero-order chi connectivity index (χ0) is 11.3. The highest BCUT2D eigenvalue weighted by Gasteiger charge is 2.27. The fourth-order valence-corrected chi connectivity index (χ4v) is 2.39. The van der Waals surface area contributed by atoms with Gasteiger partial charge in [0.2, 0.25) is 0 Å². The van der Waals surface area contributed by atoms with Crippen LogP contribution in [-0.4, -0.2) is 43.5 Å². The molecule has 3 nitrogen and oxygen atoms in total. The molecule has 2 atom stereocenters. The number of carbonyl (C=O) groups excluding carboxylic acids is 1. The molecule has 1 aliphatic rings. The summed E-state index contributed by atoms with van der Waals surface area (Å²) < 4.78 is 5.40. The molecule has 1 aliphatic heterocycles. The number of piperidine rings is 1. The number of rotatable bonds is 5. The van der Waals surface area contributed by atoms with Crippen molar-refractivity contribution in [2.75, 3.05) is 20.2 Å². The number of ether oxygens (including phenoxy) is 1. The third-order valence-corrected chi connectivity index (χ3v) is 3.38. The minimum Gasteiger partial charge on any atom is -0.381 e. The van der Waals surface area contributed by atoms with Crippen molar-refractivity contribution in [3.05, 3.63) is 0 Å². The molecule has 1 heterocycles. The molecule has 0 radical (unpaired) electrons. The minimum absolute atomic E-state index is 0.115. The van der Waals surface area contributed by atoms with E-state index in [1.54, 1.807) is 7.11 Å². The highest BCUT2D eigenvalue weighted by molar-refractivity contribution is 5.50. The molecule has 0 spiro atoms. The first-order valence-electron chi connectivity index (χ1n) is 5.89. The summed E-state index contributed by atoms with van der Waals surface area (Å²) in [6.07, 6.45) is 4.04. The molecule has 0 N–H and O–H groups in total. The summed E-state index contributed by atoms with van der Waals surface area (Å²) in [4.78, 5) is 13.0. The SMILES string of the molecule is COC(CC=O)C1CCCN(C(C)C)C1. The van der Waals surface area contributed by atoms with E-state index in [1.807, 2.05) is 0 Å². The lowest BCUT2D eigenvalue weighted by Gasteiger charge is -2.38. The Labute approximate surface area is 92.8 Å². The van der Waals surface area contributed by atoms with Gasteiger partial charge in [-0.1, -0.05) is 0 Å². The van der Waals surface area contributed by atoms with Gasteiger partial charge < -0.3 is 14.4 Å². The maximum absolute atomic E-state index is 10.5. The van der Waals surface area contributed by atoms with Crippen molar-refractivity contribution in [3.8, 4) is 0 Å². The summed E-state index contributed by atoms with van der Waals surface area (Å²) in [5, 5.41) is 0. The smallest absolute Gasteiger partial charge is 0.122 e. The lowest BCUT2D eigenvalue weighted by atomic mass is 9.90. The van der Waals surface area contributed by atoms with Crippen LogP contribution in [0.3, 0.4) is 0 Å². The van der Waals surface area contributed by atoms with Crippen molar-refractivity contribution in [2.24, 2.45) is 5.92 Å². The monoisotopic (exact) mass is 213 g/mol. The van der Waals surface area contributed by atoms with E-state index in [9.17, 15) is 4.79 Å². The highest BCUT2D eigenvalue weighted by atomic mass is 16.5. The average molecular weight is 213 g/mol. The highest BCUT2D eigenvalue weighted by Crippen LogP contribution is 2.24. The summed E-state index contributed by atoms with van der Waals surface area (Å²) in [6.45, 7) is 6.71. The third-order valence-electron chi connectivity index (χ3n) is 3.38. The summed E-state index contributed by atoms with van der Waals surface area (Å²) in [5.74, 6) is 0.524. The molecule has 2 unspecified atom stereocenters. The van der Waals surface area contributed by atoms with Crippen molar-refractivity contribution in [1.82, 2.24) is 4.90 Å². The average Bonchev–Trinajstić information content (AvgIpc) is 2.26. The predicted octanol–water partition coefficient (Wildman–Crippen LogP) is 1.71. The molecule has 1 rings (SSSR count). The fraction of sp³-hybridized carbons (Fsp3) is 0.917. The first-order chi connectivity index (χ1) is 7.19. The Bertz CT molecular complexity index is 194. The fourth-order valence-electron chi connectivity index (χ4n) is 2.39. The molecular weight excluding hydrogens is 190 g/mol. The Morgan fingerprint density at radius 3 is 2.80 bits per heavy atom. The van der Waals surface area contributed by atoms with Gasteiger partial charge >= 0.3 is 0 Å². The van der Waals surface area contributed by atoms with Crippen molar-refractivity contribution in [1.29, 1.82) is 0 Å². The van der Waals surface area contributed by atoms with Gasteiger partial charge in [-0.15, -0.1) is 0 Å². The van der Waals surface area contributed by atoms with Crippen LogP contribution in [0.15, 0.2) is 0 Å². The number of aldehydes is 1. The second-order valence-electron chi connectivity index (χ2n) is 4.67. The van der Waals surface area contributed by atoms with E-state index in [-0.39, 0.29) is 6.10 Å². The zero-order valence-corrected chi connectivity index (χ0v) is 10.1. The van der Waals surface area contributed by atoms with Gasteiger partial charge in [0.25, 0.3) is 0 Å². The van der Waals surface area contributed by atoms with E-state index in [4.69, 9.17) is 4.74 Å². The molecular formula is C12H23NO2. The lowest BCUT2D eigenvalue weighted by molar-refractivity contribution is -0.111. The number of likely N-dealkylation sites (tertiary alicyclic amines) is 1. The molecule has 1 fully saturated rings. The number of hydrogen-bond donors (Lipinski definition) is 0. The second kappa shape index (κ2) is 6.23. The third kappa shape index (κ3) is 3.58. The minimum atomic E-state index is 0.115. The van der Waals surface area contributed by atoms with Gasteiger partial charge in [0.1, 0.15) is 6.29 Å². The predicted molar refractivity (Wildman–Crippen MR) is 60.9 cm³/mol. The molecule has 88 valence electrons. The number of hydrogen-bond acceptors (Lipinski definition) is 3. The maximum atomic E-state index is 10.5. The number of methoxy groups -OCH3 is 1. The summed E-state index contributed by atoms with van der Waals surface area (Å²) >= 11 is 0. The molecule has 0 aliphatic carbocycles. The first-order valence-corrected chi connectivity index (χ1v) is 5.89. The van der Waals surface area contributed by atoms with E-state index >= 15 is 0 Å². The van der Waals surface area contributed by atoms with Crippen LogP contribution in [0.4, 0.5) is 0 Å². The number of nitrogens with zero attached hydrogens (tertiary/aromatic N) is 1. The zero-order valence-electron chi connectivity index (χ0n) is 10.1. The molecule has 15 heavy (non-hydrogen) atoms. The van der Waals surface area contributed by atoms with Crippen LogP contribution in [0.25, 0.3) is 0 Å². The van der Waals surface area contributed by atoms with E-state index in [2.05, 4.69) is 18.7 Å².